The highest BCUT2D eigenvalue weighted by Gasteiger charge is 2.13. The molecule has 0 atom stereocenters. The molecule has 20 heavy (non-hydrogen) atoms. The summed E-state index contributed by atoms with van der Waals surface area (Å²) in [6.45, 7) is 4.09. The zero-order chi connectivity index (χ0) is 14.1. The van der Waals surface area contributed by atoms with Gasteiger partial charge in [-0.2, -0.15) is 4.37 Å². The van der Waals surface area contributed by atoms with Crippen molar-refractivity contribution < 1.29 is 0 Å². The second-order valence-electron chi connectivity index (χ2n) is 4.00. The lowest BCUT2D eigenvalue weighted by Crippen LogP contribution is -2.10. The summed E-state index contributed by atoms with van der Waals surface area (Å²) in [5.41, 5.74) is 2.51. The average Bonchev–Trinajstić information content (AvgIpc) is 3.04. The van der Waals surface area contributed by atoms with E-state index in [0.29, 0.717) is 5.95 Å². The summed E-state index contributed by atoms with van der Waals surface area (Å²) in [4.78, 5) is 15.4. The van der Waals surface area contributed by atoms with Crippen LogP contribution < -0.4 is 11.3 Å². The number of hydrogen-bond acceptors (Lipinski definition) is 9. The molecule has 0 unspecified atom stereocenters. The number of fused-ring (bicyclic) bond motifs is 1. The van der Waals surface area contributed by atoms with Gasteiger partial charge in [-0.25, -0.2) is 20.8 Å². The van der Waals surface area contributed by atoms with E-state index in [1.54, 1.807) is 11.3 Å². The summed E-state index contributed by atoms with van der Waals surface area (Å²) in [6, 6.07) is 2.09. The fourth-order valence-electron chi connectivity index (χ4n) is 1.66. The topological polar surface area (TPSA) is 89.6 Å². The number of aromatic nitrogens is 4. The molecule has 3 heterocycles. The zero-order valence-electron chi connectivity index (χ0n) is 10.9. The molecule has 0 aliphatic carbocycles. The lowest BCUT2D eigenvalue weighted by atomic mass is 10.4. The number of nitrogen functional groups attached to an aromatic ring is 1. The number of thiophene rings is 1. The molecular weight excluding hydrogens is 312 g/mol. The van der Waals surface area contributed by atoms with Crippen molar-refractivity contribution in [2.75, 3.05) is 5.43 Å². The maximum atomic E-state index is 5.43. The van der Waals surface area contributed by atoms with E-state index in [9.17, 15) is 0 Å². The van der Waals surface area contributed by atoms with Crippen LogP contribution in [0.1, 0.15) is 17.6 Å². The van der Waals surface area contributed by atoms with Crippen LogP contribution in [0.4, 0.5) is 5.95 Å². The third-order valence-corrected chi connectivity index (χ3v) is 5.30. The first-order valence-corrected chi connectivity index (χ1v) is 8.35. The number of hydrogen-bond donors (Lipinski definition) is 2. The van der Waals surface area contributed by atoms with Crippen molar-refractivity contribution in [2.45, 2.75) is 29.6 Å². The lowest BCUT2D eigenvalue weighted by molar-refractivity contribution is 0.970. The summed E-state index contributed by atoms with van der Waals surface area (Å²) in [5.74, 6) is 6.71. The van der Waals surface area contributed by atoms with Crippen LogP contribution in [0, 0.1) is 6.92 Å². The Morgan fingerprint density at radius 2 is 2.20 bits per heavy atom. The minimum atomic E-state index is 0.419. The number of rotatable bonds is 4. The highest BCUT2D eigenvalue weighted by atomic mass is 32.2. The van der Waals surface area contributed by atoms with E-state index >= 15 is 0 Å². The van der Waals surface area contributed by atoms with Crippen LogP contribution in [0.3, 0.4) is 0 Å². The zero-order valence-corrected chi connectivity index (χ0v) is 13.3. The molecule has 6 nitrogen and oxygen atoms in total. The van der Waals surface area contributed by atoms with E-state index in [1.807, 2.05) is 6.92 Å². The molecule has 0 radical (unpaired) electrons. The predicted molar refractivity (Wildman–Crippen MR) is 83.4 cm³/mol. The van der Waals surface area contributed by atoms with Gasteiger partial charge in [0.05, 0.1) is 0 Å². The molecule has 104 valence electrons. The van der Waals surface area contributed by atoms with E-state index in [0.717, 1.165) is 31.8 Å². The Hall–Kier alpha value is -1.29. The minimum absolute atomic E-state index is 0.419. The van der Waals surface area contributed by atoms with Crippen molar-refractivity contribution in [2.24, 2.45) is 5.84 Å². The summed E-state index contributed by atoms with van der Waals surface area (Å²) in [7, 11) is 0. The highest BCUT2D eigenvalue weighted by molar-refractivity contribution is 8.01. The quantitative estimate of drug-likeness (QED) is 0.433. The van der Waals surface area contributed by atoms with Gasteiger partial charge in [-0.1, -0.05) is 6.92 Å². The van der Waals surface area contributed by atoms with Gasteiger partial charge in [0.1, 0.15) is 15.7 Å². The summed E-state index contributed by atoms with van der Waals surface area (Å²) in [5, 5.41) is 1.89. The van der Waals surface area contributed by atoms with E-state index < -0.39 is 0 Å². The Labute approximate surface area is 128 Å². The van der Waals surface area contributed by atoms with E-state index in [-0.39, 0.29) is 0 Å². The Bertz CT molecular complexity index is 750. The highest BCUT2D eigenvalue weighted by Crippen LogP contribution is 2.36. The molecule has 3 aromatic heterocycles. The fraction of sp³-hybridized carbons (Fsp3) is 0.273. The van der Waals surface area contributed by atoms with E-state index in [2.05, 4.69) is 37.7 Å². The molecule has 0 saturated heterocycles. The first kappa shape index (κ1) is 13.7. The first-order chi connectivity index (χ1) is 9.69. The van der Waals surface area contributed by atoms with Crippen molar-refractivity contribution in [1.82, 2.24) is 19.3 Å². The van der Waals surface area contributed by atoms with Gasteiger partial charge in [-0.15, -0.1) is 11.3 Å². The van der Waals surface area contributed by atoms with Gasteiger partial charge in [-0.05, 0) is 36.3 Å². The van der Waals surface area contributed by atoms with Crippen LogP contribution in [-0.2, 0) is 6.42 Å². The summed E-state index contributed by atoms with van der Waals surface area (Å²) >= 11 is 4.52. The molecule has 0 aliphatic rings. The Morgan fingerprint density at radius 3 is 2.90 bits per heavy atom. The molecular formula is C11H12N6S3. The maximum absolute atomic E-state index is 5.43. The molecule has 0 bridgehead atoms. The van der Waals surface area contributed by atoms with Gasteiger partial charge in [0.2, 0.25) is 5.95 Å². The smallest absolute Gasteiger partial charge is 0.239 e. The predicted octanol–water partition coefficient (Wildman–Crippen LogP) is 2.85. The van der Waals surface area contributed by atoms with Gasteiger partial charge in [-0.3, -0.25) is 5.43 Å². The molecule has 0 aliphatic heterocycles. The van der Waals surface area contributed by atoms with Crippen LogP contribution in [0.5, 0.6) is 0 Å². The Balaban J connectivity index is 2.04. The number of hydrazine groups is 1. The van der Waals surface area contributed by atoms with Crippen molar-refractivity contribution in [1.29, 1.82) is 0 Å². The second kappa shape index (κ2) is 5.60. The largest absolute Gasteiger partial charge is 0.292 e. The van der Waals surface area contributed by atoms with Gasteiger partial charge in [0.15, 0.2) is 4.34 Å². The molecule has 3 rings (SSSR count). The third kappa shape index (κ3) is 2.62. The number of nitrogens with two attached hydrogens (primary N) is 1. The van der Waals surface area contributed by atoms with Crippen molar-refractivity contribution in [3.05, 3.63) is 16.8 Å². The molecule has 3 aromatic rings. The van der Waals surface area contributed by atoms with Crippen molar-refractivity contribution >= 4 is 50.8 Å². The van der Waals surface area contributed by atoms with Crippen molar-refractivity contribution in [3.63, 3.8) is 0 Å². The van der Waals surface area contributed by atoms with Gasteiger partial charge in [0.25, 0.3) is 0 Å². The van der Waals surface area contributed by atoms with Crippen LogP contribution in [0.25, 0.3) is 10.2 Å². The standard InChI is InChI=1S/C11H12N6S3/c1-3-7-13-11(20-17-7)19-9-6-4-5(2)18-8(6)14-10(15-9)16-12/h4H,3,12H2,1-2H3,(H,14,15,16). The maximum Gasteiger partial charge on any atom is 0.239 e. The lowest BCUT2D eigenvalue weighted by Gasteiger charge is -2.02. The van der Waals surface area contributed by atoms with Crippen LogP contribution in [0.2, 0.25) is 0 Å². The summed E-state index contributed by atoms with van der Waals surface area (Å²) in [6.07, 6.45) is 0.837. The number of nitrogens with zero attached hydrogens (tertiary/aromatic N) is 4. The number of nitrogens with one attached hydrogen (secondary N) is 1. The van der Waals surface area contributed by atoms with Crippen LogP contribution >= 0.6 is 34.6 Å². The Morgan fingerprint density at radius 1 is 1.35 bits per heavy atom. The molecule has 9 heteroatoms. The minimum Gasteiger partial charge on any atom is -0.292 e. The van der Waals surface area contributed by atoms with Crippen LogP contribution in [0.15, 0.2) is 15.4 Å². The summed E-state index contributed by atoms with van der Waals surface area (Å²) < 4.78 is 5.17. The van der Waals surface area contributed by atoms with Gasteiger partial charge in [0, 0.05) is 16.7 Å². The second-order valence-corrected chi connectivity index (χ2v) is 7.23. The molecule has 0 amide bonds. The molecule has 0 spiro atoms. The van der Waals surface area contributed by atoms with Gasteiger partial charge < -0.3 is 0 Å². The monoisotopic (exact) mass is 324 g/mol. The van der Waals surface area contributed by atoms with E-state index in [1.165, 1.54) is 28.2 Å². The van der Waals surface area contributed by atoms with Gasteiger partial charge >= 0.3 is 0 Å². The molecule has 0 fully saturated rings. The van der Waals surface area contributed by atoms with E-state index in [4.69, 9.17) is 5.84 Å². The average molecular weight is 324 g/mol. The molecule has 3 N–H and O–H groups in total. The van der Waals surface area contributed by atoms with Crippen molar-refractivity contribution in [3.8, 4) is 0 Å². The van der Waals surface area contributed by atoms with Crippen LogP contribution in [-0.4, -0.2) is 19.3 Å². The fourth-order valence-corrected chi connectivity index (χ4v) is 4.32. The Kier molecular flexibility index (Phi) is 3.83. The SMILES string of the molecule is CCc1nsc(Sc2nc(NN)nc3sc(C)cc23)n1. The number of anilines is 1. The molecule has 0 saturated carbocycles. The first-order valence-electron chi connectivity index (χ1n) is 5.95. The molecule has 0 aromatic carbocycles. The third-order valence-electron chi connectivity index (χ3n) is 2.56. The normalized spacial score (nSPS) is 11.2. The number of aryl methyl sites for hydroxylation is 2.